The average Bonchev–Trinajstić information content (AvgIpc) is 2.70. The van der Waals surface area contributed by atoms with Crippen molar-refractivity contribution < 1.29 is 27.5 Å². The van der Waals surface area contributed by atoms with Gasteiger partial charge >= 0.3 is 0 Å². The molecule has 0 saturated carbocycles. The Morgan fingerprint density at radius 2 is 2.00 bits per heavy atom. The standard InChI is InChI=1S/C21H25N3O6S/c1-5-29-17-9-7-6-8-15(17)22-20(25)12-24(4)31(27,28)19-11-18-16(10-13(19)2)23-21(26)14(3)30-18/h6-11,14H,5,12H2,1-4H3,(H,22,25)(H,23,26)/t14-/m0/s1. The predicted molar refractivity (Wildman–Crippen MR) is 116 cm³/mol. The van der Waals surface area contributed by atoms with E-state index in [1.54, 1.807) is 38.1 Å². The van der Waals surface area contributed by atoms with E-state index in [1.165, 1.54) is 19.2 Å². The minimum Gasteiger partial charge on any atom is -0.492 e. The minimum atomic E-state index is -3.99. The first kappa shape index (κ1) is 22.6. The van der Waals surface area contributed by atoms with Crippen LogP contribution in [-0.2, 0) is 19.6 Å². The molecule has 1 heterocycles. The summed E-state index contributed by atoms with van der Waals surface area (Å²) in [5, 5.41) is 5.37. The van der Waals surface area contributed by atoms with Crippen LogP contribution in [0.4, 0.5) is 11.4 Å². The number of hydrogen-bond acceptors (Lipinski definition) is 6. The molecule has 1 atom stereocenters. The van der Waals surface area contributed by atoms with Crippen molar-refractivity contribution in [1.29, 1.82) is 0 Å². The van der Waals surface area contributed by atoms with Crippen molar-refractivity contribution in [1.82, 2.24) is 4.31 Å². The molecule has 31 heavy (non-hydrogen) atoms. The smallest absolute Gasteiger partial charge is 0.265 e. The topological polar surface area (TPSA) is 114 Å². The van der Waals surface area contributed by atoms with E-state index in [9.17, 15) is 18.0 Å². The molecular formula is C21H25N3O6S. The summed E-state index contributed by atoms with van der Waals surface area (Å²) >= 11 is 0. The lowest BCUT2D eigenvalue weighted by Gasteiger charge is -2.25. The SMILES string of the molecule is CCOc1ccccc1NC(=O)CN(C)S(=O)(=O)c1cc2c(cc1C)NC(=O)[C@H](C)O2. The molecule has 3 rings (SSSR count). The summed E-state index contributed by atoms with van der Waals surface area (Å²) in [6.45, 7) is 5.05. The van der Waals surface area contributed by atoms with Crippen LogP contribution in [0.5, 0.6) is 11.5 Å². The number of carbonyl (C=O) groups excluding carboxylic acids is 2. The van der Waals surface area contributed by atoms with Crippen molar-refractivity contribution in [3.05, 3.63) is 42.0 Å². The third-order valence-electron chi connectivity index (χ3n) is 4.72. The summed E-state index contributed by atoms with van der Waals surface area (Å²) in [6, 6.07) is 9.83. The van der Waals surface area contributed by atoms with E-state index in [0.29, 0.717) is 29.3 Å². The van der Waals surface area contributed by atoms with Gasteiger partial charge in [0, 0.05) is 13.1 Å². The van der Waals surface area contributed by atoms with Gasteiger partial charge in [0.05, 0.1) is 29.4 Å². The Hall–Kier alpha value is -3.11. The van der Waals surface area contributed by atoms with Crippen molar-refractivity contribution in [3.8, 4) is 11.5 Å². The van der Waals surface area contributed by atoms with E-state index in [1.807, 2.05) is 6.92 Å². The Morgan fingerprint density at radius 1 is 1.29 bits per heavy atom. The van der Waals surface area contributed by atoms with Crippen LogP contribution >= 0.6 is 0 Å². The van der Waals surface area contributed by atoms with E-state index in [-0.39, 0.29) is 16.6 Å². The molecule has 1 aliphatic heterocycles. The number of hydrogen-bond donors (Lipinski definition) is 2. The summed E-state index contributed by atoms with van der Waals surface area (Å²) < 4.78 is 38.2. The number of ether oxygens (including phenoxy) is 2. The van der Waals surface area contributed by atoms with Gasteiger partial charge in [-0.2, -0.15) is 4.31 Å². The molecule has 0 spiro atoms. The second-order valence-corrected chi connectivity index (χ2v) is 9.11. The van der Waals surface area contributed by atoms with E-state index >= 15 is 0 Å². The number of benzene rings is 2. The van der Waals surface area contributed by atoms with Gasteiger partial charge in [-0.15, -0.1) is 0 Å². The number of para-hydroxylation sites is 2. The molecule has 166 valence electrons. The molecule has 0 unspecified atom stereocenters. The van der Waals surface area contributed by atoms with Crippen LogP contribution in [0.3, 0.4) is 0 Å². The van der Waals surface area contributed by atoms with E-state index < -0.39 is 28.6 Å². The predicted octanol–water partition coefficient (Wildman–Crippen LogP) is 2.37. The van der Waals surface area contributed by atoms with Crippen LogP contribution in [0.1, 0.15) is 19.4 Å². The maximum absolute atomic E-state index is 13.1. The Bertz CT molecular complexity index is 1120. The average molecular weight is 448 g/mol. The second-order valence-electron chi connectivity index (χ2n) is 7.10. The molecule has 9 nitrogen and oxygen atoms in total. The molecule has 0 aliphatic carbocycles. The lowest BCUT2D eigenvalue weighted by atomic mass is 10.1. The number of sulfonamides is 1. The molecule has 2 amide bonds. The minimum absolute atomic E-state index is 0.000356. The fourth-order valence-corrected chi connectivity index (χ4v) is 4.46. The largest absolute Gasteiger partial charge is 0.492 e. The number of nitrogens with one attached hydrogen (secondary N) is 2. The number of anilines is 2. The normalized spacial score (nSPS) is 15.6. The molecular weight excluding hydrogens is 422 g/mol. The molecule has 0 aromatic heterocycles. The number of fused-ring (bicyclic) bond motifs is 1. The quantitative estimate of drug-likeness (QED) is 0.674. The van der Waals surface area contributed by atoms with Crippen LogP contribution in [0.15, 0.2) is 41.3 Å². The fraction of sp³-hybridized carbons (Fsp3) is 0.333. The number of rotatable bonds is 7. The summed E-state index contributed by atoms with van der Waals surface area (Å²) in [7, 11) is -2.67. The zero-order valence-electron chi connectivity index (χ0n) is 17.8. The molecule has 1 aliphatic rings. The summed E-state index contributed by atoms with van der Waals surface area (Å²) in [6.07, 6.45) is -0.736. The maximum Gasteiger partial charge on any atom is 0.265 e. The van der Waals surface area contributed by atoms with Gasteiger partial charge in [-0.25, -0.2) is 8.42 Å². The molecule has 0 saturated heterocycles. The molecule has 2 aromatic rings. The van der Waals surface area contributed by atoms with E-state index in [2.05, 4.69) is 10.6 Å². The molecule has 0 radical (unpaired) electrons. The summed E-state index contributed by atoms with van der Waals surface area (Å²) in [5.74, 6) is -0.0444. The Labute approximate surface area is 181 Å². The number of nitrogens with zero attached hydrogens (tertiary/aromatic N) is 1. The maximum atomic E-state index is 13.1. The van der Waals surface area contributed by atoms with Crippen molar-refractivity contribution in [2.75, 3.05) is 30.8 Å². The molecule has 0 bridgehead atoms. The monoisotopic (exact) mass is 447 g/mol. The van der Waals surface area contributed by atoms with Crippen molar-refractivity contribution in [2.45, 2.75) is 31.8 Å². The van der Waals surface area contributed by atoms with Crippen molar-refractivity contribution in [2.24, 2.45) is 0 Å². The first-order valence-electron chi connectivity index (χ1n) is 9.73. The Kier molecular flexibility index (Phi) is 6.51. The third-order valence-corrected chi connectivity index (χ3v) is 6.67. The van der Waals surface area contributed by atoms with Gasteiger partial charge in [-0.3, -0.25) is 9.59 Å². The molecule has 2 aromatic carbocycles. The van der Waals surface area contributed by atoms with Gasteiger partial charge in [-0.05, 0) is 44.5 Å². The zero-order chi connectivity index (χ0) is 22.8. The van der Waals surface area contributed by atoms with E-state index in [0.717, 1.165) is 4.31 Å². The van der Waals surface area contributed by atoms with Gasteiger partial charge < -0.3 is 20.1 Å². The zero-order valence-corrected chi connectivity index (χ0v) is 18.6. The highest BCUT2D eigenvalue weighted by molar-refractivity contribution is 7.89. The molecule has 2 N–H and O–H groups in total. The van der Waals surface area contributed by atoms with Gasteiger partial charge in [0.2, 0.25) is 15.9 Å². The highest BCUT2D eigenvalue weighted by Gasteiger charge is 2.30. The van der Waals surface area contributed by atoms with Gasteiger partial charge in [0.25, 0.3) is 5.91 Å². The second kappa shape index (κ2) is 8.94. The fourth-order valence-electron chi connectivity index (χ4n) is 3.12. The van der Waals surface area contributed by atoms with Crippen LogP contribution in [0, 0.1) is 6.92 Å². The highest BCUT2D eigenvalue weighted by atomic mass is 32.2. The van der Waals surface area contributed by atoms with Gasteiger partial charge in [0.15, 0.2) is 6.10 Å². The third kappa shape index (κ3) is 4.80. The van der Waals surface area contributed by atoms with Crippen molar-refractivity contribution in [3.63, 3.8) is 0 Å². The first-order chi connectivity index (χ1) is 14.6. The summed E-state index contributed by atoms with van der Waals surface area (Å²) in [5.41, 5.74) is 1.29. The number of aryl methyl sites for hydroxylation is 1. The highest BCUT2D eigenvalue weighted by Crippen LogP contribution is 2.35. The van der Waals surface area contributed by atoms with E-state index in [4.69, 9.17) is 9.47 Å². The number of likely N-dealkylation sites (N-methyl/N-ethyl adjacent to an activating group) is 1. The Balaban J connectivity index is 1.79. The molecule has 0 fully saturated rings. The first-order valence-corrected chi connectivity index (χ1v) is 11.2. The van der Waals surface area contributed by atoms with Gasteiger partial charge in [-0.1, -0.05) is 12.1 Å². The lowest BCUT2D eigenvalue weighted by molar-refractivity contribution is -0.122. The van der Waals surface area contributed by atoms with Crippen LogP contribution < -0.4 is 20.1 Å². The Morgan fingerprint density at radius 3 is 2.71 bits per heavy atom. The van der Waals surface area contributed by atoms with Crippen LogP contribution in [0.2, 0.25) is 0 Å². The number of amides is 2. The lowest BCUT2D eigenvalue weighted by Crippen LogP contribution is -2.36. The summed E-state index contributed by atoms with van der Waals surface area (Å²) in [4.78, 5) is 24.3. The van der Waals surface area contributed by atoms with Crippen LogP contribution in [0.25, 0.3) is 0 Å². The molecule has 10 heteroatoms. The van der Waals surface area contributed by atoms with Crippen LogP contribution in [-0.4, -0.2) is 50.8 Å². The van der Waals surface area contributed by atoms with Crippen molar-refractivity contribution >= 4 is 33.2 Å². The number of carbonyl (C=O) groups is 2. The van der Waals surface area contributed by atoms with Gasteiger partial charge in [0.1, 0.15) is 11.5 Å².